The van der Waals surface area contributed by atoms with Gasteiger partial charge in [0.05, 0.1) is 21.9 Å². The largest absolute Gasteiger partial charge is 0.481 e. The molecule has 1 saturated heterocycles. The van der Waals surface area contributed by atoms with Crippen molar-refractivity contribution < 1.29 is 44.7 Å². The number of carboxylic acid groups (broad SMARTS) is 1. The molecule has 0 amide bonds. The van der Waals surface area contributed by atoms with Crippen molar-refractivity contribution in [3.63, 3.8) is 0 Å². The fraction of sp³-hybridized carbons (Fsp3) is 0.387. The van der Waals surface area contributed by atoms with Gasteiger partial charge in [-0.15, -0.1) is 0 Å². The number of carboxylic acids is 1. The molecule has 0 saturated carbocycles. The second-order valence-corrected chi connectivity index (χ2v) is 13.1. The van der Waals surface area contributed by atoms with Crippen LogP contribution in [-0.4, -0.2) is 36.9 Å². The molecule has 3 aromatic carbocycles. The van der Waals surface area contributed by atoms with E-state index in [9.17, 15) is 44.7 Å². The van der Waals surface area contributed by atoms with Gasteiger partial charge in [0.25, 0.3) is 0 Å². The van der Waals surface area contributed by atoms with Crippen LogP contribution in [0.25, 0.3) is 11.1 Å². The highest BCUT2D eigenvalue weighted by Crippen LogP contribution is 2.38. The number of halogens is 6. The topological polar surface area (TPSA) is 74.7 Å². The van der Waals surface area contributed by atoms with Crippen molar-refractivity contribution in [3.05, 3.63) is 89.0 Å². The highest BCUT2D eigenvalue weighted by atomic mass is 32.2. The van der Waals surface area contributed by atoms with Gasteiger partial charge in [-0.3, -0.25) is 4.79 Å². The average Bonchev–Trinajstić information content (AvgIpc) is 2.94. The molecule has 1 aliphatic rings. The Kier molecular flexibility index (Phi) is 9.32. The Morgan fingerprint density at radius 1 is 0.907 bits per heavy atom. The number of hydrogen-bond donors (Lipinski definition) is 1. The van der Waals surface area contributed by atoms with E-state index in [4.69, 9.17) is 0 Å². The number of piperidine rings is 1. The van der Waals surface area contributed by atoms with Gasteiger partial charge in [0.15, 0.2) is 0 Å². The number of sulfonamides is 1. The van der Waals surface area contributed by atoms with Crippen molar-refractivity contribution >= 4 is 16.0 Å². The molecule has 232 valence electrons. The summed E-state index contributed by atoms with van der Waals surface area (Å²) in [5, 5.41) is 10.0. The van der Waals surface area contributed by atoms with E-state index in [1.54, 1.807) is 18.2 Å². The molecular weight excluding hydrogens is 596 g/mol. The molecule has 1 N–H and O–H groups in total. The molecule has 12 heteroatoms. The minimum atomic E-state index is -4.72. The average molecular weight is 628 g/mol. The predicted molar refractivity (Wildman–Crippen MR) is 149 cm³/mol. The molecule has 0 spiro atoms. The lowest BCUT2D eigenvalue weighted by atomic mass is 9.83. The summed E-state index contributed by atoms with van der Waals surface area (Å²) >= 11 is 0. The third-order valence-corrected chi connectivity index (χ3v) is 9.45. The Labute approximate surface area is 246 Å². The van der Waals surface area contributed by atoms with Crippen LogP contribution in [0, 0.1) is 5.92 Å². The van der Waals surface area contributed by atoms with E-state index < -0.39 is 56.2 Å². The van der Waals surface area contributed by atoms with Gasteiger partial charge in [-0.05, 0) is 83.7 Å². The molecule has 5 nitrogen and oxygen atoms in total. The lowest BCUT2D eigenvalue weighted by Gasteiger charge is -2.33. The Hall–Kier alpha value is -3.38. The molecule has 3 aromatic rings. The zero-order valence-corrected chi connectivity index (χ0v) is 24.2. The monoisotopic (exact) mass is 627 g/mol. The first-order valence-corrected chi connectivity index (χ1v) is 15.1. The maximum Gasteiger partial charge on any atom is 0.416 e. The maximum atomic E-state index is 13.4. The first kappa shape index (κ1) is 32.5. The van der Waals surface area contributed by atoms with Gasteiger partial charge in [0.1, 0.15) is 0 Å². The zero-order chi connectivity index (χ0) is 31.7. The molecule has 4 rings (SSSR count). The van der Waals surface area contributed by atoms with Gasteiger partial charge in [-0.1, -0.05) is 50.2 Å². The summed E-state index contributed by atoms with van der Waals surface area (Å²) in [6.07, 6.45) is -8.04. The van der Waals surface area contributed by atoms with Crippen LogP contribution in [0.4, 0.5) is 26.3 Å². The van der Waals surface area contributed by atoms with Crippen LogP contribution in [0.1, 0.15) is 67.2 Å². The molecule has 43 heavy (non-hydrogen) atoms. The minimum absolute atomic E-state index is 0.0158. The molecule has 1 heterocycles. The summed E-state index contributed by atoms with van der Waals surface area (Å²) in [5.41, 5.74) is 0.0281. The SMILES string of the molecule is CC(C)CC(C(=O)O)c1cc(-c2ccc(C(F)(F)F)cc2)cc(C2CCCN(S(=O)(=O)c3cccc(C(F)(F)F)c3)C2)c1. The normalized spacial score (nSPS) is 17.7. The summed E-state index contributed by atoms with van der Waals surface area (Å²) < 4.78 is 107. The summed E-state index contributed by atoms with van der Waals surface area (Å²) in [5.74, 6) is -2.40. The highest BCUT2D eigenvalue weighted by Gasteiger charge is 2.35. The van der Waals surface area contributed by atoms with E-state index >= 15 is 0 Å². The molecule has 0 aromatic heterocycles. The van der Waals surface area contributed by atoms with Crippen molar-refractivity contribution in [2.75, 3.05) is 13.1 Å². The van der Waals surface area contributed by atoms with Gasteiger partial charge in [0.2, 0.25) is 10.0 Å². The molecule has 0 aliphatic carbocycles. The summed E-state index contributed by atoms with van der Waals surface area (Å²) in [6.45, 7) is 3.77. The van der Waals surface area contributed by atoms with Gasteiger partial charge < -0.3 is 5.11 Å². The zero-order valence-electron chi connectivity index (χ0n) is 23.4. The van der Waals surface area contributed by atoms with E-state index in [1.807, 2.05) is 13.8 Å². The molecular formula is C31H31F6NO4S. The van der Waals surface area contributed by atoms with Gasteiger partial charge in [-0.2, -0.15) is 30.6 Å². The molecule has 2 unspecified atom stereocenters. The lowest BCUT2D eigenvalue weighted by molar-refractivity contribution is -0.139. The number of benzene rings is 3. The fourth-order valence-electron chi connectivity index (χ4n) is 5.40. The Morgan fingerprint density at radius 2 is 1.56 bits per heavy atom. The van der Waals surface area contributed by atoms with E-state index in [2.05, 4.69) is 0 Å². The smallest absolute Gasteiger partial charge is 0.416 e. The predicted octanol–water partition coefficient (Wildman–Crippen LogP) is 8.17. The van der Waals surface area contributed by atoms with Crippen LogP contribution in [0.15, 0.2) is 71.6 Å². The van der Waals surface area contributed by atoms with Crippen LogP contribution >= 0.6 is 0 Å². The Bertz CT molecular complexity index is 1570. The van der Waals surface area contributed by atoms with Crippen molar-refractivity contribution in [1.29, 1.82) is 0 Å². The minimum Gasteiger partial charge on any atom is -0.481 e. The Morgan fingerprint density at radius 3 is 2.14 bits per heavy atom. The second-order valence-electron chi connectivity index (χ2n) is 11.2. The van der Waals surface area contributed by atoms with Crippen LogP contribution in [0.5, 0.6) is 0 Å². The third-order valence-electron chi connectivity index (χ3n) is 7.59. The van der Waals surface area contributed by atoms with E-state index in [0.29, 0.717) is 47.6 Å². The molecule has 0 bridgehead atoms. The summed E-state index contributed by atoms with van der Waals surface area (Å²) in [4.78, 5) is 11.8. The van der Waals surface area contributed by atoms with Crippen molar-refractivity contribution in [2.24, 2.45) is 5.92 Å². The Balaban J connectivity index is 1.74. The maximum absolute atomic E-state index is 13.4. The van der Waals surface area contributed by atoms with Crippen LogP contribution in [0.3, 0.4) is 0 Å². The number of rotatable bonds is 8. The van der Waals surface area contributed by atoms with Crippen LogP contribution in [-0.2, 0) is 27.2 Å². The third kappa shape index (κ3) is 7.59. The van der Waals surface area contributed by atoms with E-state index in [0.717, 1.165) is 34.6 Å². The summed E-state index contributed by atoms with van der Waals surface area (Å²) in [7, 11) is -4.29. The van der Waals surface area contributed by atoms with Crippen molar-refractivity contribution in [2.45, 2.75) is 62.2 Å². The van der Waals surface area contributed by atoms with Crippen LogP contribution in [0.2, 0.25) is 0 Å². The number of aliphatic carboxylic acids is 1. The van der Waals surface area contributed by atoms with Crippen molar-refractivity contribution in [3.8, 4) is 11.1 Å². The van der Waals surface area contributed by atoms with E-state index in [1.165, 1.54) is 12.1 Å². The molecule has 1 fully saturated rings. The molecule has 2 atom stereocenters. The lowest BCUT2D eigenvalue weighted by Crippen LogP contribution is -2.39. The number of hydrogen-bond acceptors (Lipinski definition) is 3. The van der Waals surface area contributed by atoms with Crippen molar-refractivity contribution in [1.82, 2.24) is 4.31 Å². The van der Waals surface area contributed by atoms with Gasteiger partial charge >= 0.3 is 18.3 Å². The number of nitrogens with zero attached hydrogens (tertiary/aromatic N) is 1. The highest BCUT2D eigenvalue weighted by molar-refractivity contribution is 7.89. The fourth-order valence-corrected chi connectivity index (χ4v) is 6.97. The van der Waals surface area contributed by atoms with E-state index in [-0.39, 0.29) is 19.0 Å². The summed E-state index contributed by atoms with van der Waals surface area (Å²) in [6, 6.07) is 13.1. The second kappa shape index (κ2) is 12.3. The first-order valence-electron chi connectivity index (χ1n) is 13.7. The molecule has 0 radical (unpaired) electrons. The number of carbonyl (C=O) groups is 1. The van der Waals surface area contributed by atoms with Crippen LogP contribution < -0.4 is 0 Å². The van der Waals surface area contributed by atoms with Gasteiger partial charge in [0, 0.05) is 13.1 Å². The quantitative estimate of drug-likeness (QED) is 0.256. The standard InChI is InChI=1S/C31H31F6NO4S/c1-19(2)13-28(29(39)40)24-15-22(20-8-10-25(11-9-20)30(32,33)34)14-23(16-24)21-5-4-12-38(18-21)43(41,42)27-7-3-6-26(17-27)31(35,36)37/h3,6-11,14-17,19,21,28H,4-5,12-13,18H2,1-2H3,(H,39,40). The first-order chi connectivity index (χ1) is 20.0. The van der Waals surface area contributed by atoms with Gasteiger partial charge in [-0.25, -0.2) is 8.42 Å². The molecule has 1 aliphatic heterocycles. The number of alkyl halides is 6.